The van der Waals surface area contributed by atoms with Crippen molar-refractivity contribution in [3.05, 3.63) is 0 Å². The lowest BCUT2D eigenvalue weighted by Crippen LogP contribution is -2.46. The van der Waals surface area contributed by atoms with Crippen LogP contribution in [0.15, 0.2) is 5.10 Å². The van der Waals surface area contributed by atoms with E-state index in [0.717, 1.165) is 5.90 Å². The topological polar surface area (TPSA) is 33.6 Å². The third-order valence-corrected chi connectivity index (χ3v) is 2.41. The molecule has 62 valence electrons. The van der Waals surface area contributed by atoms with Gasteiger partial charge in [0.1, 0.15) is 6.10 Å². The lowest BCUT2D eigenvalue weighted by atomic mass is 9.93. The van der Waals surface area contributed by atoms with E-state index < -0.39 is 0 Å². The third-order valence-electron chi connectivity index (χ3n) is 2.41. The second kappa shape index (κ2) is 2.72. The number of rotatable bonds is 0. The summed E-state index contributed by atoms with van der Waals surface area (Å²) < 4.78 is 5.58. The van der Waals surface area contributed by atoms with Gasteiger partial charge in [-0.1, -0.05) is 6.42 Å². The maximum Gasteiger partial charge on any atom is 0.202 e. The van der Waals surface area contributed by atoms with Crippen LogP contribution in [-0.2, 0) is 4.74 Å². The van der Waals surface area contributed by atoms with E-state index >= 15 is 0 Å². The molecule has 3 nitrogen and oxygen atoms in total. The summed E-state index contributed by atoms with van der Waals surface area (Å²) in [5.41, 5.74) is 3.13. The van der Waals surface area contributed by atoms with Crippen LogP contribution in [0.4, 0.5) is 0 Å². The van der Waals surface area contributed by atoms with E-state index in [4.69, 9.17) is 4.74 Å². The van der Waals surface area contributed by atoms with Crippen molar-refractivity contribution in [1.82, 2.24) is 5.43 Å². The van der Waals surface area contributed by atoms with Crippen molar-refractivity contribution in [1.29, 1.82) is 0 Å². The summed E-state index contributed by atoms with van der Waals surface area (Å²) in [4.78, 5) is 0. The van der Waals surface area contributed by atoms with E-state index in [2.05, 4.69) is 10.5 Å². The van der Waals surface area contributed by atoms with Crippen LogP contribution in [0.2, 0.25) is 0 Å². The molecule has 3 heteroatoms. The van der Waals surface area contributed by atoms with Gasteiger partial charge in [-0.25, -0.2) is 0 Å². The zero-order chi connectivity index (χ0) is 7.68. The highest BCUT2D eigenvalue weighted by Gasteiger charge is 2.29. The Kier molecular flexibility index (Phi) is 1.72. The first-order valence-corrected chi connectivity index (χ1v) is 4.33. The first-order chi connectivity index (χ1) is 5.36. The monoisotopic (exact) mass is 154 g/mol. The molecule has 2 atom stereocenters. The standard InChI is InChI=1S/C8H14N2O/c1-6-9-10-7-4-2-3-5-8(7)11-6/h7-8,10H,2-5H2,1H3. The molecule has 1 aliphatic heterocycles. The molecule has 1 heterocycles. The largest absolute Gasteiger partial charge is 0.474 e. The van der Waals surface area contributed by atoms with Crippen LogP contribution >= 0.6 is 0 Å². The molecule has 0 spiro atoms. The molecule has 1 saturated carbocycles. The summed E-state index contributed by atoms with van der Waals surface area (Å²) in [5.74, 6) is 0.785. The van der Waals surface area contributed by atoms with Gasteiger partial charge in [0.15, 0.2) is 0 Å². The Bertz CT molecular complexity index is 179. The average Bonchev–Trinajstić information content (AvgIpc) is 2.04. The maximum absolute atomic E-state index is 5.58. The molecule has 0 aromatic carbocycles. The summed E-state index contributed by atoms with van der Waals surface area (Å²) in [7, 11) is 0. The third kappa shape index (κ3) is 1.32. The van der Waals surface area contributed by atoms with E-state index in [1.807, 2.05) is 6.92 Å². The van der Waals surface area contributed by atoms with Gasteiger partial charge in [-0.2, -0.15) is 0 Å². The molecule has 2 unspecified atom stereocenters. The fourth-order valence-corrected chi connectivity index (χ4v) is 1.80. The Morgan fingerprint density at radius 1 is 1.45 bits per heavy atom. The van der Waals surface area contributed by atoms with Crippen molar-refractivity contribution < 1.29 is 4.74 Å². The molecule has 0 aromatic heterocycles. The lowest BCUT2D eigenvalue weighted by Gasteiger charge is -2.34. The normalized spacial score (nSPS) is 36.3. The van der Waals surface area contributed by atoms with Crippen LogP contribution in [0.25, 0.3) is 0 Å². The quantitative estimate of drug-likeness (QED) is 0.569. The van der Waals surface area contributed by atoms with Gasteiger partial charge in [0.2, 0.25) is 5.90 Å². The van der Waals surface area contributed by atoms with Gasteiger partial charge in [0, 0.05) is 6.92 Å². The van der Waals surface area contributed by atoms with Crippen molar-refractivity contribution in [3.63, 3.8) is 0 Å². The fourth-order valence-electron chi connectivity index (χ4n) is 1.80. The predicted molar refractivity (Wildman–Crippen MR) is 43.4 cm³/mol. The van der Waals surface area contributed by atoms with E-state index in [-0.39, 0.29) is 0 Å². The van der Waals surface area contributed by atoms with E-state index in [1.165, 1.54) is 25.7 Å². The Labute approximate surface area is 66.8 Å². The SMILES string of the molecule is CC1=NNC2CCCCC2O1. The molecular weight excluding hydrogens is 140 g/mol. The number of hydrogen-bond acceptors (Lipinski definition) is 3. The molecule has 2 rings (SSSR count). The van der Waals surface area contributed by atoms with Crippen LogP contribution in [0, 0.1) is 0 Å². The minimum absolute atomic E-state index is 0.390. The Balaban J connectivity index is 2.04. The summed E-state index contributed by atoms with van der Waals surface area (Å²) >= 11 is 0. The van der Waals surface area contributed by atoms with Crippen LogP contribution in [0.3, 0.4) is 0 Å². The second-order valence-corrected chi connectivity index (χ2v) is 3.31. The molecule has 2 aliphatic rings. The lowest BCUT2D eigenvalue weighted by molar-refractivity contribution is 0.0836. The molecule has 1 aliphatic carbocycles. The van der Waals surface area contributed by atoms with E-state index in [9.17, 15) is 0 Å². The number of ether oxygens (including phenoxy) is 1. The van der Waals surface area contributed by atoms with Gasteiger partial charge < -0.3 is 10.2 Å². The summed E-state index contributed by atoms with van der Waals surface area (Å²) in [6.07, 6.45) is 5.40. The zero-order valence-electron chi connectivity index (χ0n) is 6.84. The van der Waals surface area contributed by atoms with Crippen LogP contribution in [-0.4, -0.2) is 18.0 Å². The van der Waals surface area contributed by atoms with Crippen molar-refractivity contribution in [2.24, 2.45) is 5.10 Å². The van der Waals surface area contributed by atoms with Gasteiger partial charge in [0.25, 0.3) is 0 Å². The van der Waals surface area contributed by atoms with Crippen LogP contribution in [0.5, 0.6) is 0 Å². The summed E-state index contributed by atoms with van der Waals surface area (Å²) in [6, 6.07) is 0.479. The average molecular weight is 154 g/mol. The molecule has 11 heavy (non-hydrogen) atoms. The number of fused-ring (bicyclic) bond motifs is 1. The van der Waals surface area contributed by atoms with Gasteiger partial charge in [0.05, 0.1) is 6.04 Å². The molecular formula is C8H14N2O. The Hall–Kier alpha value is -0.730. The smallest absolute Gasteiger partial charge is 0.202 e. The molecule has 0 saturated heterocycles. The van der Waals surface area contributed by atoms with Gasteiger partial charge in [-0.3, -0.25) is 0 Å². The fraction of sp³-hybridized carbons (Fsp3) is 0.875. The van der Waals surface area contributed by atoms with Crippen molar-refractivity contribution in [2.75, 3.05) is 0 Å². The number of nitrogens with zero attached hydrogens (tertiary/aromatic N) is 1. The second-order valence-electron chi connectivity index (χ2n) is 3.31. The number of hydrazone groups is 1. The predicted octanol–water partition coefficient (Wildman–Crippen LogP) is 1.25. The van der Waals surface area contributed by atoms with E-state index in [0.29, 0.717) is 12.1 Å². The maximum atomic E-state index is 5.58. The highest BCUT2D eigenvalue weighted by molar-refractivity contribution is 5.73. The van der Waals surface area contributed by atoms with Crippen LogP contribution in [0.1, 0.15) is 32.6 Å². The van der Waals surface area contributed by atoms with Gasteiger partial charge >= 0.3 is 0 Å². The highest BCUT2D eigenvalue weighted by atomic mass is 16.5. The van der Waals surface area contributed by atoms with Crippen molar-refractivity contribution >= 4 is 5.90 Å². The zero-order valence-corrected chi connectivity index (χ0v) is 6.84. The van der Waals surface area contributed by atoms with Crippen molar-refractivity contribution in [2.45, 2.75) is 44.8 Å². The summed E-state index contributed by atoms with van der Waals surface area (Å²) in [5, 5.41) is 4.06. The molecule has 0 bridgehead atoms. The number of nitrogens with one attached hydrogen (secondary N) is 1. The molecule has 1 fully saturated rings. The first kappa shape index (κ1) is 6.95. The Morgan fingerprint density at radius 2 is 2.27 bits per heavy atom. The van der Waals surface area contributed by atoms with Crippen LogP contribution < -0.4 is 5.43 Å². The molecule has 0 radical (unpaired) electrons. The summed E-state index contributed by atoms with van der Waals surface area (Å²) in [6.45, 7) is 1.90. The van der Waals surface area contributed by atoms with Gasteiger partial charge in [-0.05, 0) is 19.3 Å². The minimum Gasteiger partial charge on any atom is -0.474 e. The van der Waals surface area contributed by atoms with Crippen molar-refractivity contribution in [3.8, 4) is 0 Å². The van der Waals surface area contributed by atoms with Gasteiger partial charge in [-0.15, -0.1) is 5.10 Å². The van der Waals surface area contributed by atoms with E-state index in [1.54, 1.807) is 0 Å². The Morgan fingerprint density at radius 3 is 3.18 bits per heavy atom. The highest BCUT2D eigenvalue weighted by Crippen LogP contribution is 2.23. The molecule has 1 N–H and O–H groups in total. The first-order valence-electron chi connectivity index (χ1n) is 4.33. The molecule has 0 amide bonds. The molecule has 0 aromatic rings. The number of hydrogen-bond donors (Lipinski definition) is 1. The minimum atomic E-state index is 0.390.